The SMILES string of the molecule is NC(=O)Nc1cccc(NC(=O)CCC(=O)c2ccc3c(c2)CCC3)c1. The third-order valence-corrected chi connectivity index (χ3v) is 4.41. The normalized spacial score (nSPS) is 12.3. The first kappa shape index (κ1) is 17.7. The second-order valence-corrected chi connectivity index (χ2v) is 6.38. The molecule has 0 unspecified atom stereocenters. The maximum atomic E-state index is 12.3. The van der Waals surface area contributed by atoms with Crippen molar-refractivity contribution in [3.63, 3.8) is 0 Å². The molecular weight excluding hydrogens is 330 g/mol. The van der Waals surface area contributed by atoms with E-state index in [-0.39, 0.29) is 24.5 Å². The standard InChI is InChI=1S/C20H21N3O3/c21-20(26)23-17-6-2-5-16(12-17)22-19(25)10-9-18(24)15-8-7-13-3-1-4-14(13)11-15/h2,5-8,11-12H,1,3-4,9-10H2,(H,22,25)(H3,21,23,26). The van der Waals surface area contributed by atoms with E-state index < -0.39 is 6.03 Å². The maximum Gasteiger partial charge on any atom is 0.316 e. The van der Waals surface area contributed by atoms with Gasteiger partial charge >= 0.3 is 6.03 Å². The smallest absolute Gasteiger partial charge is 0.316 e. The molecule has 0 radical (unpaired) electrons. The number of nitrogens with two attached hydrogens (primary N) is 1. The summed E-state index contributed by atoms with van der Waals surface area (Å²) >= 11 is 0. The maximum absolute atomic E-state index is 12.3. The van der Waals surface area contributed by atoms with Crippen LogP contribution in [0.15, 0.2) is 42.5 Å². The second-order valence-electron chi connectivity index (χ2n) is 6.38. The minimum Gasteiger partial charge on any atom is -0.351 e. The number of amides is 3. The molecule has 0 saturated heterocycles. The molecule has 3 amide bonds. The van der Waals surface area contributed by atoms with Gasteiger partial charge in [-0.2, -0.15) is 0 Å². The van der Waals surface area contributed by atoms with Crippen molar-refractivity contribution < 1.29 is 14.4 Å². The summed E-state index contributed by atoms with van der Waals surface area (Å²) in [6.07, 6.45) is 3.49. The first-order valence-electron chi connectivity index (χ1n) is 8.62. The van der Waals surface area contributed by atoms with Gasteiger partial charge in [-0.25, -0.2) is 4.79 Å². The summed E-state index contributed by atoms with van der Waals surface area (Å²) in [6.45, 7) is 0. The number of fused-ring (bicyclic) bond motifs is 1. The van der Waals surface area contributed by atoms with Gasteiger partial charge in [-0.1, -0.05) is 18.2 Å². The Labute approximate surface area is 151 Å². The highest BCUT2D eigenvalue weighted by Gasteiger charge is 2.15. The topological polar surface area (TPSA) is 101 Å². The van der Waals surface area contributed by atoms with Crippen LogP contribution < -0.4 is 16.4 Å². The molecule has 2 aromatic rings. The van der Waals surface area contributed by atoms with Crippen LogP contribution in [0.5, 0.6) is 0 Å². The third kappa shape index (κ3) is 4.47. The number of hydrogen-bond acceptors (Lipinski definition) is 3. The van der Waals surface area contributed by atoms with Gasteiger partial charge in [-0.15, -0.1) is 0 Å². The van der Waals surface area contributed by atoms with Crippen LogP contribution in [0.3, 0.4) is 0 Å². The number of Topliss-reactive ketones (excluding diaryl/α,β-unsaturated/α-hetero) is 1. The number of rotatable bonds is 6. The van der Waals surface area contributed by atoms with E-state index in [1.54, 1.807) is 24.3 Å². The van der Waals surface area contributed by atoms with E-state index in [9.17, 15) is 14.4 Å². The van der Waals surface area contributed by atoms with Gasteiger partial charge in [0.1, 0.15) is 0 Å². The zero-order valence-electron chi connectivity index (χ0n) is 14.4. The van der Waals surface area contributed by atoms with Crippen molar-refractivity contribution >= 4 is 29.1 Å². The highest BCUT2D eigenvalue weighted by Crippen LogP contribution is 2.23. The minimum atomic E-state index is -0.673. The fraction of sp³-hybridized carbons (Fsp3) is 0.250. The predicted octanol–water partition coefficient (Wildman–Crippen LogP) is 3.27. The Hall–Kier alpha value is -3.15. The van der Waals surface area contributed by atoms with Crippen LogP contribution in [0.1, 0.15) is 40.7 Å². The lowest BCUT2D eigenvalue weighted by Gasteiger charge is -2.08. The lowest BCUT2D eigenvalue weighted by molar-refractivity contribution is -0.116. The Morgan fingerprint density at radius 3 is 2.38 bits per heavy atom. The lowest BCUT2D eigenvalue weighted by atomic mass is 10.0. The number of primary amides is 1. The monoisotopic (exact) mass is 351 g/mol. The Bertz CT molecular complexity index is 861. The van der Waals surface area contributed by atoms with Crippen LogP contribution in [-0.4, -0.2) is 17.7 Å². The number of aryl methyl sites for hydroxylation is 2. The Kier molecular flexibility index (Phi) is 5.31. The van der Waals surface area contributed by atoms with Crippen molar-refractivity contribution in [3.05, 3.63) is 59.2 Å². The molecule has 0 saturated carbocycles. The largest absolute Gasteiger partial charge is 0.351 e. The summed E-state index contributed by atoms with van der Waals surface area (Å²) in [6, 6.07) is 11.8. The van der Waals surface area contributed by atoms with Gasteiger partial charge in [0.05, 0.1) is 0 Å². The Balaban J connectivity index is 1.54. The fourth-order valence-electron chi connectivity index (χ4n) is 3.16. The number of anilines is 2. The highest BCUT2D eigenvalue weighted by atomic mass is 16.2. The molecule has 1 aliphatic carbocycles. The first-order chi connectivity index (χ1) is 12.5. The van der Waals surface area contributed by atoms with Crippen LogP contribution in [0.25, 0.3) is 0 Å². The van der Waals surface area contributed by atoms with Gasteiger partial charge in [0, 0.05) is 29.8 Å². The van der Waals surface area contributed by atoms with Crippen LogP contribution in [0.2, 0.25) is 0 Å². The van der Waals surface area contributed by atoms with Crippen LogP contribution in [0, 0.1) is 0 Å². The second kappa shape index (κ2) is 7.82. The molecule has 2 aromatic carbocycles. The van der Waals surface area contributed by atoms with Crippen molar-refractivity contribution in [3.8, 4) is 0 Å². The zero-order chi connectivity index (χ0) is 18.5. The molecule has 4 N–H and O–H groups in total. The van der Waals surface area contributed by atoms with E-state index in [1.165, 1.54) is 11.1 Å². The zero-order valence-corrected chi connectivity index (χ0v) is 14.4. The number of carbonyl (C=O) groups is 3. The predicted molar refractivity (Wildman–Crippen MR) is 100 cm³/mol. The molecule has 0 atom stereocenters. The van der Waals surface area contributed by atoms with Crippen LogP contribution in [-0.2, 0) is 17.6 Å². The van der Waals surface area contributed by atoms with Crippen molar-refractivity contribution in [2.75, 3.05) is 10.6 Å². The molecule has 0 fully saturated rings. The summed E-state index contributed by atoms with van der Waals surface area (Å²) in [7, 11) is 0. The molecular formula is C20H21N3O3. The van der Waals surface area contributed by atoms with Crippen molar-refractivity contribution in [1.82, 2.24) is 0 Å². The van der Waals surface area contributed by atoms with Crippen LogP contribution in [0.4, 0.5) is 16.2 Å². The van der Waals surface area contributed by atoms with E-state index in [0.29, 0.717) is 16.9 Å². The molecule has 134 valence electrons. The van der Waals surface area contributed by atoms with Gasteiger partial charge in [0.25, 0.3) is 0 Å². The number of carbonyl (C=O) groups excluding carboxylic acids is 3. The molecule has 6 nitrogen and oxygen atoms in total. The molecule has 0 heterocycles. The summed E-state index contributed by atoms with van der Waals surface area (Å²) in [4.78, 5) is 35.3. The van der Waals surface area contributed by atoms with Gasteiger partial charge in [-0.3, -0.25) is 9.59 Å². The van der Waals surface area contributed by atoms with Gasteiger partial charge in [-0.05, 0) is 54.7 Å². The molecule has 0 spiro atoms. The fourth-order valence-corrected chi connectivity index (χ4v) is 3.16. The summed E-state index contributed by atoms with van der Waals surface area (Å²) in [5, 5.41) is 5.16. The summed E-state index contributed by atoms with van der Waals surface area (Å²) < 4.78 is 0. The van der Waals surface area contributed by atoms with Gasteiger partial charge in [0.2, 0.25) is 5.91 Å². The van der Waals surface area contributed by atoms with Crippen molar-refractivity contribution in [1.29, 1.82) is 0 Å². The average molecular weight is 351 g/mol. The molecule has 26 heavy (non-hydrogen) atoms. The van der Waals surface area contributed by atoms with E-state index in [2.05, 4.69) is 10.6 Å². The van der Waals surface area contributed by atoms with E-state index >= 15 is 0 Å². The highest BCUT2D eigenvalue weighted by molar-refractivity contribution is 6.00. The quantitative estimate of drug-likeness (QED) is 0.696. The summed E-state index contributed by atoms with van der Waals surface area (Å²) in [5.74, 6) is -0.283. The molecule has 0 aromatic heterocycles. The third-order valence-electron chi connectivity index (χ3n) is 4.41. The lowest BCUT2D eigenvalue weighted by Crippen LogP contribution is -2.19. The number of nitrogens with one attached hydrogen (secondary N) is 2. The Morgan fingerprint density at radius 1 is 0.885 bits per heavy atom. The molecule has 3 rings (SSSR count). The molecule has 0 aliphatic heterocycles. The van der Waals surface area contributed by atoms with Gasteiger partial charge in [0.15, 0.2) is 5.78 Å². The number of hydrogen-bond donors (Lipinski definition) is 3. The number of benzene rings is 2. The van der Waals surface area contributed by atoms with Crippen molar-refractivity contribution in [2.24, 2.45) is 5.73 Å². The molecule has 1 aliphatic rings. The minimum absolute atomic E-state index is 0.0287. The van der Waals surface area contributed by atoms with Crippen molar-refractivity contribution in [2.45, 2.75) is 32.1 Å². The van der Waals surface area contributed by atoms with E-state index in [1.807, 2.05) is 18.2 Å². The van der Waals surface area contributed by atoms with E-state index in [0.717, 1.165) is 19.3 Å². The average Bonchev–Trinajstić information content (AvgIpc) is 3.07. The van der Waals surface area contributed by atoms with Crippen LogP contribution >= 0.6 is 0 Å². The Morgan fingerprint density at radius 2 is 1.62 bits per heavy atom. The number of ketones is 1. The summed E-state index contributed by atoms with van der Waals surface area (Å²) in [5.41, 5.74) is 9.34. The van der Waals surface area contributed by atoms with E-state index in [4.69, 9.17) is 5.73 Å². The molecule has 0 bridgehead atoms. The molecule has 6 heteroatoms. The van der Waals surface area contributed by atoms with Gasteiger partial charge < -0.3 is 16.4 Å². The first-order valence-corrected chi connectivity index (χ1v) is 8.62. The number of urea groups is 1.